The Morgan fingerprint density at radius 2 is 2.11 bits per heavy atom. The molecule has 10 heteroatoms. The number of thioether (sulfide) groups is 1. The molecule has 0 saturated heterocycles. The number of ether oxygens (including phenoxy) is 1. The van der Waals surface area contributed by atoms with Crippen LogP contribution in [0.4, 0.5) is 0 Å². The largest absolute Gasteiger partial charge is 0.494 e. The number of carbonyl (C=O) groups is 1. The fourth-order valence-corrected chi connectivity index (χ4v) is 4.48. The van der Waals surface area contributed by atoms with E-state index in [0.29, 0.717) is 26.1 Å². The summed E-state index contributed by atoms with van der Waals surface area (Å²) in [6.45, 7) is 6.30. The Labute approximate surface area is 175 Å². The molecular weight excluding hydrogens is 416 g/mol. The molecule has 1 amide bonds. The first-order valence-corrected chi connectivity index (χ1v) is 10.9. The second-order valence-electron chi connectivity index (χ2n) is 6.16. The molecule has 28 heavy (non-hydrogen) atoms. The van der Waals surface area contributed by atoms with Crippen molar-refractivity contribution in [3.05, 3.63) is 38.6 Å². The third kappa shape index (κ3) is 4.62. The standard InChI is InChI=1S/C18H20N4O3S3/c1-4-25-12-7-5-11(6-8-12)22-15-14(28-18(22)26)16(24)21-17(20-15)27-9-13(23)19-10(2)3/h5-8,10H,4,9H2,1-3H3,(H,19,23)(H,20,21,24). The van der Waals surface area contributed by atoms with Crippen LogP contribution in [0.1, 0.15) is 20.8 Å². The highest BCUT2D eigenvalue weighted by atomic mass is 32.2. The van der Waals surface area contributed by atoms with E-state index in [1.807, 2.05) is 45.0 Å². The Bertz CT molecular complexity index is 1100. The van der Waals surface area contributed by atoms with Gasteiger partial charge in [0, 0.05) is 11.7 Å². The maximum atomic E-state index is 12.5. The number of hydrogen-bond acceptors (Lipinski definition) is 7. The number of nitrogens with zero attached hydrogens (tertiary/aromatic N) is 2. The summed E-state index contributed by atoms with van der Waals surface area (Å²) in [5.41, 5.74) is 1.01. The van der Waals surface area contributed by atoms with Crippen molar-refractivity contribution in [1.29, 1.82) is 0 Å². The van der Waals surface area contributed by atoms with Gasteiger partial charge in [-0.2, -0.15) is 0 Å². The molecule has 0 radical (unpaired) electrons. The zero-order chi connectivity index (χ0) is 20.3. The Morgan fingerprint density at radius 1 is 1.39 bits per heavy atom. The molecule has 3 rings (SSSR count). The second kappa shape index (κ2) is 8.89. The quantitative estimate of drug-likeness (QED) is 0.335. The minimum atomic E-state index is -0.266. The molecule has 0 atom stereocenters. The average molecular weight is 437 g/mol. The van der Waals surface area contributed by atoms with Crippen LogP contribution < -0.4 is 15.6 Å². The van der Waals surface area contributed by atoms with Gasteiger partial charge in [-0.25, -0.2) is 4.98 Å². The van der Waals surface area contributed by atoms with Gasteiger partial charge >= 0.3 is 0 Å². The predicted molar refractivity (Wildman–Crippen MR) is 116 cm³/mol. The molecule has 1 aromatic carbocycles. The van der Waals surface area contributed by atoms with E-state index in [9.17, 15) is 9.59 Å². The van der Waals surface area contributed by atoms with Crippen LogP contribution in [0.2, 0.25) is 0 Å². The maximum Gasteiger partial charge on any atom is 0.271 e. The number of fused-ring (bicyclic) bond motifs is 1. The summed E-state index contributed by atoms with van der Waals surface area (Å²) in [4.78, 5) is 31.6. The minimum absolute atomic E-state index is 0.0593. The van der Waals surface area contributed by atoms with Gasteiger partial charge < -0.3 is 15.0 Å². The van der Waals surface area contributed by atoms with Crippen LogP contribution in [0.5, 0.6) is 5.75 Å². The van der Waals surface area contributed by atoms with Crippen LogP contribution in [0.15, 0.2) is 34.2 Å². The van der Waals surface area contributed by atoms with Crippen LogP contribution in [-0.4, -0.2) is 38.8 Å². The number of carbonyl (C=O) groups excluding carboxylic acids is 1. The molecule has 0 aliphatic carbocycles. The molecule has 2 aromatic heterocycles. The summed E-state index contributed by atoms with van der Waals surface area (Å²) in [6.07, 6.45) is 0. The van der Waals surface area contributed by atoms with Crippen LogP contribution >= 0.6 is 35.3 Å². The molecular formula is C18H20N4O3S3. The van der Waals surface area contributed by atoms with Crippen molar-refractivity contribution in [2.75, 3.05) is 12.4 Å². The van der Waals surface area contributed by atoms with Gasteiger partial charge in [0.2, 0.25) is 5.91 Å². The van der Waals surface area contributed by atoms with Crippen LogP contribution in [0.3, 0.4) is 0 Å². The Balaban J connectivity index is 1.96. The smallest absolute Gasteiger partial charge is 0.271 e. The number of rotatable bonds is 7. The van der Waals surface area contributed by atoms with Gasteiger partial charge in [0.1, 0.15) is 10.4 Å². The van der Waals surface area contributed by atoms with E-state index in [0.717, 1.165) is 11.4 Å². The number of hydrogen-bond donors (Lipinski definition) is 2. The highest BCUT2D eigenvalue weighted by molar-refractivity contribution is 7.99. The zero-order valence-corrected chi connectivity index (χ0v) is 18.1. The third-order valence-corrected chi connectivity index (χ3v) is 5.85. The third-order valence-electron chi connectivity index (χ3n) is 3.62. The zero-order valence-electron chi connectivity index (χ0n) is 15.6. The summed E-state index contributed by atoms with van der Waals surface area (Å²) < 4.78 is 8.21. The summed E-state index contributed by atoms with van der Waals surface area (Å²) in [5.74, 6) is 0.813. The Hall–Kier alpha value is -2.17. The lowest BCUT2D eigenvalue weighted by Gasteiger charge is -2.08. The molecule has 0 aliphatic rings. The van der Waals surface area contributed by atoms with Crippen molar-refractivity contribution in [1.82, 2.24) is 19.9 Å². The molecule has 7 nitrogen and oxygen atoms in total. The van der Waals surface area contributed by atoms with Gasteiger partial charge in [0.15, 0.2) is 14.8 Å². The second-order valence-corrected chi connectivity index (χ2v) is 8.77. The molecule has 0 saturated carbocycles. The predicted octanol–water partition coefficient (Wildman–Crippen LogP) is 3.52. The monoisotopic (exact) mass is 436 g/mol. The van der Waals surface area contributed by atoms with Gasteiger partial charge in [0.05, 0.1) is 12.4 Å². The van der Waals surface area contributed by atoms with Crippen molar-refractivity contribution in [3.8, 4) is 11.4 Å². The van der Waals surface area contributed by atoms with E-state index in [4.69, 9.17) is 17.0 Å². The molecule has 148 valence electrons. The minimum Gasteiger partial charge on any atom is -0.494 e. The van der Waals surface area contributed by atoms with Crippen molar-refractivity contribution in [2.24, 2.45) is 0 Å². The van der Waals surface area contributed by atoms with E-state index < -0.39 is 0 Å². The SMILES string of the molecule is CCOc1ccc(-n2c(=S)sc3c(=O)[nH]c(SCC(=O)NC(C)C)nc32)cc1. The lowest BCUT2D eigenvalue weighted by Crippen LogP contribution is -2.31. The van der Waals surface area contributed by atoms with Gasteiger partial charge in [-0.05, 0) is 57.3 Å². The number of aromatic nitrogens is 3. The number of nitrogens with one attached hydrogen (secondary N) is 2. The molecule has 0 aliphatic heterocycles. The van der Waals surface area contributed by atoms with E-state index in [1.165, 1.54) is 23.1 Å². The Kier molecular flexibility index (Phi) is 6.53. The van der Waals surface area contributed by atoms with Crippen molar-refractivity contribution >= 4 is 51.6 Å². The van der Waals surface area contributed by atoms with Crippen LogP contribution in [0.25, 0.3) is 16.0 Å². The molecule has 2 heterocycles. The topological polar surface area (TPSA) is 89.0 Å². The highest BCUT2D eigenvalue weighted by Gasteiger charge is 2.15. The molecule has 0 fully saturated rings. The number of thiazole rings is 1. The van der Waals surface area contributed by atoms with Crippen molar-refractivity contribution in [3.63, 3.8) is 0 Å². The maximum absolute atomic E-state index is 12.5. The molecule has 0 spiro atoms. The van der Waals surface area contributed by atoms with Crippen LogP contribution in [0, 0.1) is 3.95 Å². The van der Waals surface area contributed by atoms with E-state index in [-0.39, 0.29) is 23.3 Å². The fraction of sp³-hybridized carbons (Fsp3) is 0.333. The summed E-state index contributed by atoms with van der Waals surface area (Å²) in [6, 6.07) is 7.51. The van der Waals surface area contributed by atoms with Gasteiger partial charge in [-0.1, -0.05) is 23.1 Å². The number of aromatic amines is 1. The first-order valence-electron chi connectivity index (χ1n) is 8.70. The van der Waals surface area contributed by atoms with E-state index >= 15 is 0 Å². The van der Waals surface area contributed by atoms with Crippen molar-refractivity contribution in [2.45, 2.75) is 32.0 Å². The lowest BCUT2D eigenvalue weighted by atomic mass is 10.3. The molecule has 3 aromatic rings. The number of amides is 1. The number of H-pyrrole nitrogens is 1. The van der Waals surface area contributed by atoms with Gasteiger partial charge in [0.25, 0.3) is 5.56 Å². The van der Waals surface area contributed by atoms with Crippen molar-refractivity contribution < 1.29 is 9.53 Å². The lowest BCUT2D eigenvalue weighted by molar-refractivity contribution is -0.119. The van der Waals surface area contributed by atoms with Gasteiger partial charge in [-0.3, -0.25) is 14.2 Å². The van der Waals surface area contributed by atoms with Gasteiger partial charge in [-0.15, -0.1) is 0 Å². The molecule has 2 N–H and O–H groups in total. The fourth-order valence-electron chi connectivity index (χ4n) is 2.55. The summed E-state index contributed by atoms with van der Waals surface area (Å²) >= 11 is 7.85. The first kappa shape index (κ1) is 20.6. The average Bonchev–Trinajstić information content (AvgIpc) is 2.97. The van der Waals surface area contributed by atoms with E-state index in [1.54, 1.807) is 4.57 Å². The molecule has 0 unspecified atom stereocenters. The highest BCUT2D eigenvalue weighted by Crippen LogP contribution is 2.25. The first-order chi connectivity index (χ1) is 13.4. The Morgan fingerprint density at radius 3 is 2.75 bits per heavy atom. The van der Waals surface area contributed by atoms with Crippen LogP contribution in [-0.2, 0) is 4.79 Å². The normalized spacial score (nSPS) is 11.1. The molecule has 0 bridgehead atoms. The summed E-state index contributed by atoms with van der Waals surface area (Å²) in [5, 5.41) is 3.19. The van der Waals surface area contributed by atoms with E-state index in [2.05, 4.69) is 15.3 Å². The summed E-state index contributed by atoms with van der Waals surface area (Å²) in [7, 11) is 0. The number of benzene rings is 1.